The molecule has 2 heteroatoms. The molecule has 1 heterocycles. The minimum Gasteiger partial charge on any atom is -0.256 e. The molecule has 0 aliphatic heterocycles. The van der Waals surface area contributed by atoms with Crippen molar-refractivity contribution in [3.05, 3.63) is 54.0 Å². The van der Waals surface area contributed by atoms with Gasteiger partial charge in [-0.2, -0.15) is 0 Å². The SMILES string of the molecule is CCCCc1c(F)cccc1-c1ccccn1. The van der Waals surface area contributed by atoms with E-state index in [1.807, 2.05) is 24.3 Å². The average Bonchev–Trinajstić information content (AvgIpc) is 2.38. The second-order valence-electron chi connectivity index (χ2n) is 4.08. The summed E-state index contributed by atoms with van der Waals surface area (Å²) in [5, 5.41) is 0. The van der Waals surface area contributed by atoms with Crippen molar-refractivity contribution in [3.63, 3.8) is 0 Å². The number of hydrogen-bond donors (Lipinski definition) is 0. The number of pyridine rings is 1. The Labute approximate surface area is 101 Å². The van der Waals surface area contributed by atoms with E-state index in [4.69, 9.17) is 0 Å². The van der Waals surface area contributed by atoms with E-state index in [1.165, 1.54) is 6.07 Å². The molecular weight excluding hydrogens is 213 g/mol. The molecule has 0 saturated heterocycles. The summed E-state index contributed by atoms with van der Waals surface area (Å²) in [5.74, 6) is -0.124. The molecule has 0 amide bonds. The van der Waals surface area contributed by atoms with Crippen LogP contribution in [-0.2, 0) is 6.42 Å². The van der Waals surface area contributed by atoms with Gasteiger partial charge in [0.1, 0.15) is 5.82 Å². The summed E-state index contributed by atoms with van der Waals surface area (Å²) in [6.07, 6.45) is 4.58. The third kappa shape index (κ3) is 2.70. The van der Waals surface area contributed by atoms with Crippen LogP contribution in [0.25, 0.3) is 11.3 Å². The van der Waals surface area contributed by atoms with Crippen LogP contribution < -0.4 is 0 Å². The molecule has 2 rings (SSSR count). The first kappa shape index (κ1) is 11.8. The van der Waals surface area contributed by atoms with Gasteiger partial charge in [-0.25, -0.2) is 4.39 Å². The van der Waals surface area contributed by atoms with E-state index in [2.05, 4.69) is 11.9 Å². The lowest BCUT2D eigenvalue weighted by molar-refractivity contribution is 0.604. The van der Waals surface area contributed by atoms with Crippen LogP contribution in [0.5, 0.6) is 0 Å². The van der Waals surface area contributed by atoms with E-state index in [0.29, 0.717) is 0 Å². The highest BCUT2D eigenvalue weighted by molar-refractivity contribution is 5.63. The van der Waals surface area contributed by atoms with Crippen molar-refractivity contribution >= 4 is 0 Å². The topological polar surface area (TPSA) is 12.9 Å². The van der Waals surface area contributed by atoms with Crippen molar-refractivity contribution in [1.82, 2.24) is 4.98 Å². The summed E-state index contributed by atoms with van der Waals surface area (Å²) in [4.78, 5) is 4.29. The summed E-state index contributed by atoms with van der Waals surface area (Å²) < 4.78 is 13.8. The molecule has 1 aromatic heterocycles. The fourth-order valence-electron chi connectivity index (χ4n) is 1.93. The quantitative estimate of drug-likeness (QED) is 0.764. The molecule has 1 aromatic carbocycles. The molecular formula is C15H16FN. The Balaban J connectivity index is 2.43. The average molecular weight is 229 g/mol. The van der Waals surface area contributed by atoms with E-state index in [-0.39, 0.29) is 5.82 Å². The zero-order valence-electron chi connectivity index (χ0n) is 9.99. The van der Waals surface area contributed by atoms with Gasteiger partial charge in [-0.15, -0.1) is 0 Å². The lowest BCUT2D eigenvalue weighted by Gasteiger charge is -2.09. The standard InChI is InChI=1S/C15H16FN/c1-2-3-7-12-13(8-6-9-14(12)16)15-10-4-5-11-17-15/h4-6,8-11H,2-3,7H2,1H3. The molecule has 1 nitrogen and oxygen atoms in total. The Morgan fingerprint density at radius 2 is 2.00 bits per heavy atom. The summed E-state index contributed by atoms with van der Waals surface area (Å²) in [7, 11) is 0. The Kier molecular flexibility index (Phi) is 3.86. The number of nitrogens with zero attached hydrogens (tertiary/aromatic N) is 1. The number of unbranched alkanes of at least 4 members (excludes halogenated alkanes) is 1. The van der Waals surface area contributed by atoms with Crippen LogP contribution >= 0.6 is 0 Å². The molecule has 0 spiro atoms. The minimum absolute atomic E-state index is 0.124. The van der Waals surface area contributed by atoms with Gasteiger partial charge in [-0.05, 0) is 36.6 Å². The van der Waals surface area contributed by atoms with Crippen molar-refractivity contribution in [2.24, 2.45) is 0 Å². The van der Waals surface area contributed by atoms with Gasteiger partial charge in [0.15, 0.2) is 0 Å². The molecule has 0 unspecified atom stereocenters. The first-order valence-electron chi connectivity index (χ1n) is 6.01. The summed E-state index contributed by atoms with van der Waals surface area (Å²) in [6.45, 7) is 2.11. The second kappa shape index (κ2) is 5.58. The van der Waals surface area contributed by atoms with Crippen LogP contribution in [0.15, 0.2) is 42.6 Å². The first-order chi connectivity index (χ1) is 8.33. The molecule has 0 fully saturated rings. The fourth-order valence-corrected chi connectivity index (χ4v) is 1.93. The second-order valence-corrected chi connectivity index (χ2v) is 4.08. The van der Waals surface area contributed by atoms with Gasteiger partial charge in [-0.3, -0.25) is 4.98 Å². The van der Waals surface area contributed by atoms with E-state index in [9.17, 15) is 4.39 Å². The van der Waals surface area contributed by atoms with Gasteiger partial charge in [0.2, 0.25) is 0 Å². The Morgan fingerprint density at radius 1 is 1.12 bits per heavy atom. The van der Waals surface area contributed by atoms with Gasteiger partial charge in [0, 0.05) is 11.8 Å². The summed E-state index contributed by atoms with van der Waals surface area (Å²) in [6, 6.07) is 10.9. The zero-order chi connectivity index (χ0) is 12.1. The van der Waals surface area contributed by atoms with E-state index in [0.717, 1.165) is 36.1 Å². The largest absolute Gasteiger partial charge is 0.256 e. The number of rotatable bonds is 4. The number of hydrogen-bond acceptors (Lipinski definition) is 1. The molecule has 0 atom stereocenters. The highest BCUT2D eigenvalue weighted by Gasteiger charge is 2.10. The lowest BCUT2D eigenvalue weighted by atomic mass is 9.99. The van der Waals surface area contributed by atoms with Crippen LogP contribution in [0, 0.1) is 5.82 Å². The van der Waals surface area contributed by atoms with Crippen LogP contribution in [0.2, 0.25) is 0 Å². The maximum atomic E-state index is 13.8. The predicted octanol–water partition coefficient (Wildman–Crippen LogP) is 4.23. The van der Waals surface area contributed by atoms with Gasteiger partial charge in [0.05, 0.1) is 5.69 Å². The number of benzene rings is 1. The first-order valence-corrected chi connectivity index (χ1v) is 6.01. The summed E-state index contributed by atoms with van der Waals surface area (Å²) in [5.41, 5.74) is 2.55. The minimum atomic E-state index is -0.124. The summed E-state index contributed by atoms with van der Waals surface area (Å²) >= 11 is 0. The van der Waals surface area contributed by atoms with E-state index in [1.54, 1.807) is 12.3 Å². The van der Waals surface area contributed by atoms with Gasteiger partial charge in [0.25, 0.3) is 0 Å². The fraction of sp³-hybridized carbons (Fsp3) is 0.267. The number of halogens is 1. The highest BCUT2D eigenvalue weighted by atomic mass is 19.1. The van der Waals surface area contributed by atoms with Crippen LogP contribution in [0.1, 0.15) is 25.3 Å². The Bertz CT molecular complexity index is 480. The Hall–Kier alpha value is -1.70. The van der Waals surface area contributed by atoms with Crippen molar-refractivity contribution in [1.29, 1.82) is 0 Å². The molecule has 88 valence electrons. The molecule has 0 aliphatic rings. The zero-order valence-corrected chi connectivity index (χ0v) is 9.99. The lowest BCUT2D eigenvalue weighted by Crippen LogP contribution is -1.96. The molecule has 17 heavy (non-hydrogen) atoms. The van der Waals surface area contributed by atoms with Gasteiger partial charge < -0.3 is 0 Å². The van der Waals surface area contributed by atoms with Gasteiger partial charge >= 0.3 is 0 Å². The number of aromatic nitrogens is 1. The monoisotopic (exact) mass is 229 g/mol. The Morgan fingerprint density at radius 3 is 2.71 bits per heavy atom. The highest BCUT2D eigenvalue weighted by Crippen LogP contribution is 2.25. The maximum absolute atomic E-state index is 13.8. The van der Waals surface area contributed by atoms with Crippen LogP contribution in [0.3, 0.4) is 0 Å². The van der Waals surface area contributed by atoms with E-state index >= 15 is 0 Å². The molecule has 2 aromatic rings. The normalized spacial score (nSPS) is 10.5. The predicted molar refractivity (Wildman–Crippen MR) is 68.2 cm³/mol. The molecule has 0 N–H and O–H groups in total. The molecule has 0 bridgehead atoms. The maximum Gasteiger partial charge on any atom is 0.127 e. The van der Waals surface area contributed by atoms with Crippen LogP contribution in [-0.4, -0.2) is 4.98 Å². The van der Waals surface area contributed by atoms with Crippen molar-refractivity contribution in [3.8, 4) is 11.3 Å². The van der Waals surface area contributed by atoms with E-state index < -0.39 is 0 Å². The third-order valence-corrected chi connectivity index (χ3v) is 2.84. The van der Waals surface area contributed by atoms with Gasteiger partial charge in [-0.1, -0.05) is 31.5 Å². The molecule has 0 aliphatic carbocycles. The van der Waals surface area contributed by atoms with Crippen molar-refractivity contribution < 1.29 is 4.39 Å². The third-order valence-electron chi connectivity index (χ3n) is 2.84. The van der Waals surface area contributed by atoms with Crippen molar-refractivity contribution in [2.75, 3.05) is 0 Å². The molecule has 0 radical (unpaired) electrons. The van der Waals surface area contributed by atoms with Crippen molar-refractivity contribution in [2.45, 2.75) is 26.2 Å². The molecule has 0 saturated carbocycles. The smallest absolute Gasteiger partial charge is 0.127 e. The van der Waals surface area contributed by atoms with Crippen LogP contribution in [0.4, 0.5) is 4.39 Å².